The predicted octanol–water partition coefficient (Wildman–Crippen LogP) is 4.62. The maximum atomic E-state index is 12.7. The van der Waals surface area contributed by atoms with Gasteiger partial charge in [-0.05, 0) is 61.7 Å². The first-order valence-electron chi connectivity index (χ1n) is 9.35. The van der Waals surface area contributed by atoms with Crippen LogP contribution in [0.2, 0.25) is 0 Å². The number of pyridine rings is 1. The van der Waals surface area contributed by atoms with E-state index in [1.54, 1.807) is 36.7 Å². The van der Waals surface area contributed by atoms with Gasteiger partial charge in [-0.1, -0.05) is 18.2 Å². The van der Waals surface area contributed by atoms with Gasteiger partial charge in [-0.3, -0.25) is 14.6 Å². The normalized spacial score (nSPS) is 13.0. The van der Waals surface area contributed by atoms with Crippen molar-refractivity contribution in [3.63, 3.8) is 0 Å². The third kappa shape index (κ3) is 3.64. The molecule has 3 aromatic rings. The van der Waals surface area contributed by atoms with E-state index < -0.39 is 0 Å². The smallest absolute Gasteiger partial charge is 0.257 e. The summed E-state index contributed by atoms with van der Waals surface area (Å²) in [5.74, 6) is -0.230. The van der Waals surface area contributed by atoms with Gasteiger partial charge in [-0.25, -0.2) is 0 Å². The zero-order chi connectivity index (χ0) is 19.5. The molecule has 0 saturated heterocycles. The third-order valence-corrected chi connectivity index (χ3v) is 4.96. The molecule has 1 N–H and O–H groups in total. The van der Waals surface area contributed by atoms with Gasteiger partial charge in [0.15, 0.2) is 5.78 Å². The SMILES string of the molecule is CC(=O)c1ccc(NC(=O)c2cncc(N3CCCc4ccccc43)c2)cc1. The van der Waals surface area contributed by atoms with Crippen molar-refractivity contribution in [1.29, 1.82) is 0 Å². The lowest BCUT2D eigenvalue weighted by molar-refractivity contribution is 0.101. The topological polar surface area (TPSA) is 62.3 Å². The molecule has 2 aromatic carbocycles. The van der Waals surface area contributed by atoms with Crippen LogP contribution in [0.4, 0.5) is 17.1 Å². The second-order valence-corrected chi connectivity index (χ2v) is 6.90. The number of ketones is 1. The van der Waals surface area contributed by atoms with Gasteiger partial charge in [0, 0.05) is 29.7 Å². The van der Waals surface area contributed by atoms with Crippen molar-refractivity contribution < 1.29 is 9.59 Å². The van der Waals surface area contributed by atoms with Gasteiger partial charge in [-0.15, -0.1) is 0 Å². The van der Waals surface area contributed by atoms with Crippen LogP contribution in [-0.2, 0) is 6.42 Å². The fourth-order valence-corrected chi connectivity index (χ4v) is 3.49. The van der Waals surface area contributed by atoms with E-state index in [0.29, 0.717) is 16.8 Å². The highest BCUT2D eigenvalue weighted by Gasteiger charge is 2.19. The maximum Gasteiger partial charge on any atom is 0.257 e. The first kappa shape index (κ1) is 17.9. The van der Waals surface area contributed by atoms with Crippen molar-refractivity contribution in [2.45, 2.75) is 19.8 Å². The summed E-state index contributed by atoms with van der Waals surface area (Å²) in [4.78, 5) is 30.6. The van der Waals surface area contributed by atoms with Gasteiger partial charge < -0.3 is 10.2 Å². The van der Waals surface area contributed by atoms with Crippen molar-refractivity contribution in [3.8, 4) is 0 Å². The molecule has 1 aliphatic rings. The average molecular weight is 371 g/mol. The standard InChI is InChI=1S/C23H21N3O2/c1-16(27)17-8-10-20(11-9-17)25-23(28)19-13-21(15-24-14-19)26-12-4-6-18-5-2-3-7-22(18)26/h2-3,5,7-11,13-15H,4,6,12H2,1H3,(H,25,28). The highest BCUT2D eigenvalue weighted by Crippen LogP contribution is 2.33. The lowest BCUT2D eigenvalue weighted by Crippen LogP contribution is -2.25. The second-order valence-electron chi connectivity index (χ2n) is 6.90. The lowest BCUT2D eigenvalue weighted by Gasteiger charge is -2.31. The summed E-state index contributed by atoms with van der Waals surface area (Å²) in [5.41, 5.74) is 5.15. The van der Waals surface area contributed by atoms with Crippen LogP contribution in [0, 0.1) is 0 Å². The largest absolute Gasteiger partial charge is 0.340 e. The summed E-state index contributed by atoms with van der Waals surface area (Å²) in [6.07, 6.45) is 5.49. The van der Waals surface area contributed by atoms with Crippen LogP contribution in [0.25, 0.3) is 0 Å². The predicted molar refractivity (Wildman–Crippen MR) is 110 cm³/mol. The second kappa shape index (κ2) is 7.64. The number of fused-ring (bicyclic) bond motifs is 1. The summed E-state index contributed by atoms with van der Waals surface area (Å²) in [6.45, 7) is 2.42. The van der Waals surface area contributed by atoms with E-state index in [1.165, 1.54) is 18.2 Å². The van der Waals surface area contributed by atoms with Crippen LogP contribution in [0.1, 0.15) is 39.6 Å². The molecule has 5 nitrogen and oxygen atoms in total. The number of Topliss-reactive ketones (excluding diaryl/α,β-unsaturated/α-hetero) is 1. The molecule has 1 aliphatic heterocycles. The van der Waals surface area contributed by atoms with Crippen molar-refractivity contribution >= 4 is 28.8 Å². The Hall–Kier alpha value is -3.47. The molecule has 0 aliphatic carbocycles. The summed E-state index contributed by atoms with van der Waals surface area (Å²) in [6, 6.07) is 17.1. The Kier molecular flexibility index (Phi) is 4.89. The molecule has 5 heteroatoms. The molecule has 0 atom stereocenters. The zero-order valence-corrected chi connectivity index (χ0v) is 15.7. The highest BCUT2D eigenvalue weighted by atomic mass is 16.1. The van der Waals surface area contributed by atoms with Crippen molar-refractivity contribution in [3.05, 3.63) is 83.7 Å². The summed E-state index contributed by atoms with van der Waals surface area (Å²) < 4.78 is 0. The molecule has 1 aromatic heterocycles. The molecule has 0 bridgehead atoms. The number of rotatable bonds is 4. The van der Waals surface area contributed by atoms with Crippen LogP contribution < -0.4 is 10.2 Å². The van der Waals surface area contributed by atoms with E-state index in [-0.39, 0.29) is 11.7 Å². The van der Waals surface area contributed by atoms with Crippen LogP contribution in [-0.4, -0.2) is 23.2 Å². The van der Waals surface area contributed by atoms with Gasteiger partial charge in [0.05, 0.1) is 17.4 Å². The molecule has 0 unspecified atom stereocenters. The number of aromatic nitrogens is 1. The molecule has 28 heavy (non-hydrogen) atoms. The lowest BCUT2D eigenvalue weighted by atomic mass is 10.0. The Morgan fingerprint density at radius 2 is 1.79 bits per heavy atom. The molecule has 0 fully saturated rings. The van der Waals surface area contributed by atoms with Crippen molar-refractivity contribution in [2.75, 3.05) is 16.8 Å². The number of hydrogen-bond donors (Lipinski definition) is 1. The number of para-hydroxylation sites is 1. The van der Waals surface area contributed by atoms with Crippen LogP contribution in [0.5, 0.6) is 0 Å². The highest BCUT2D eigenvalue weighted by molar-refractivity contribution is 6.05. The molecular weight excluding hydrogens is 350 g/mol. The zero-order valence-electron chi connectivity index (χ0n) is 15.7. The number of anilines is 3. The number of nitrogens with one attached hydrogen (secondary N) is 1. The van der Waals surface area contributed by atoms with E-state index in [2.05, 4.69) is 33.4 Å². The molecule has 0 radical (unpaired) electrons. The molecule has 2 heterocycles. The Balaban J connectivity index is 1.56. The van der Waals surface area contributed by atoms with Gasteiger partial charge in [0.1, 0.15) is 0 Å². The Morgan fingerprint density at radius 3 is 2.57 bits per heavy atom. The summed E-state index contributed by atoms with van der Waals surface area (Å²) in [7, 11) is 0. The first-order chi connectivity index (χ1) is 13.6. The van der Waals surface area contributed by atoms with E-state index in [4.69, 9.17) is 0 Å². The first-order valence-corrected chi connectivity index (χ1v) is 9.35. The van der Waals surface area contributed by atoms with Crippen molar-refractivity contribution in [1.82, 2.24) is 4.98 Å². The quantitative estimate of drug-likeness (QED) is 0.680. The van der Waals surface area contributed by atoms with E-state index in [1.807, 2.05) is 12.1 Å². The molecule has 0 saturated carbocycles. The van der Waals surface area contributed by atoms with Gasteiger partial charge in [0.25, 0.3) is 5.91 Å². The minimum Gasteiger partial charge on any atom is -0.340 e. The van der Waals surface area contributed by atoms with Crippen LogP contribution in [0.15, 0.2) is 67.0 Å². The Bertz CT molecular complexity index is 1030. The minimum atomic E-state index is -0.227. The number of nitrogens with zero attached hydrogens (tertiary/aromatic N) is 2. The van der Waals surface area contributed by atoms with E-state index in [0.717, 1.165) is 25.1 Å². The fourth-order valence-electron chi connectivity index (χ4n) is 3.49. The molecule has 1 amide bonds. The monoisotopic (exact) mass is 371 g/mol. The molecule has 4 rings (SSSR count). The number of benzene rings is 2. The van der Waals surface area contributed by atoms with Crippen molar-refractivity contribution in [2.24, 2.45) is 0 Å². The van der Waals surface area contributed by atoms with E-state index >= 15 is 0 Å². The van der Waals surface area contributed by atoms with Gasteiger partial charge in [-0.2, -0.15) is 0 Å². The third-order valence-electron chi connectivity index (χ3n) is 4.96. The number of hydrogen-bond acceptors (Lipinski definition) is 4. The Morgan fingerprint density at radius 1 is 1.00 bits per heavy atom. The summed E-state index contributed by atoms with van der Waals surface area (Å²) in [5, 5.41) is 2.86. The average Bonchev–Trinajstić information content (AvgIpc) is 2.74. The summed E-state index contributed by atoms with van der Waals surface area (Å²) >= 11 is 0. The molecular formula is C23H21N3O2. The van der Waals surface area contributed by atoms with Gasteiger partial charge in [0.2, 0.25) is 0 Å². The number of carbonyl (C=O) groups is 2. The maximum absolute atomic E-state index is 12.7. The number of aryl methyl sites for hydroxylation is 1. The fraction of sp³-hybridized carbons (Fsp3) is 0.174. The minimum absolute atomic E-state index is 0.00316. The molecule has 140 valence electrons. The molecule has 0 spiro atoms. The number of amides is 1. The van der Waals surface area contributed by atoms with E-state index in [9.17, 15) is 9.59 Å². The van der Waals surface area contributed by atoms with Crippen LogP contribution >= 0.6 is 0 Å². The number of carbonyl (C=O) groups excluding carboxylic acids is 2. The Labute approximate surface area is 164 Å². The van der Waals surface area contributed by atoms with Crippen LogP contribution in [0.3, 0.4) is 0 Å². The van der Waals surface area contributed by atoms with Gasteiger partial charge >= 0.3 is 0 Å².